The number of rotatable bonds is 5. The van der Waals surface area contributed by atoms with Crippen molar-refractivity contribution >= 4 is 23.2 Å². The second kappa shape index (κ2) is 7.17. The second-order valence-electron chi connectivity index (χ2n) is 6.76. The van der Waals surface area contributed by atoms with Crippen molar-refractivity contribution < 1.29 is 14.0 Å². The van der Waals surface area contributed by atoms with Gasteiger partial charge in [-0.05, 0) is 19.9 Å². The average molecular weight is 349 g/mol. The minimum Gasteiger partial charge on any atom is -0.472 e. The van der Waals surface area contributed by atoms with Crippen molar-refractivity contribution in [2.75, 3.05) is 0 Å². The van der Waals surface area contributed by atoms with Gasteiger partial charge in [-0.3, -0.25) is 9.59 Å². The zero-order valence-corrected chi connectivity index (χ0v) is 15.4. The Morgan fingerprint density at radius 2 is 1.96 bits per heavy atom. The van der Waals surface area contributed by atoms with Gasteiger partial charge < -0.3 is 15.1 Å². The van der Waals surface area contributed by atoms with E-state index in [1.165, 1.54) is 23.9 Å². The first-order chi connectivity index (χ1) is 11.2. The largest absolute Gasteiger partial charge is 0.472 e. The van der Waals surface area contributed by atoms with Crippen molar-refractivity contribution in [1.29, 1.82) is 0 Å². The minimum absolute atomic E-state index is 0.0235. The molecule has 7 heteroatoms. The topological polar surface area (TPSA) is 84.2 Å². The SMILES string of the molecule is C[C@@H](NC(=O)c1ccoc1)C(=O)N[C@H](C)c1nc(C(C)(C)C)cs1. The van der Waals surface area contributed by atoms with Crippen LogP contribution >= 0.6 is 11.3 Å². The van der Waals surface area contributed by atoms with Crippen LogP contribution in [-0.4, -0.2) is 22.8 Å². The summed E-state index contributed by atoms with van der Waals surface area (Å²) in [6, 6.07) is 0.676. The molecule has 2 amide bonds. The Morgan fingerprint density at radius 3 is 2.50 bits per heavy atom. The Morgan fingerprint density at radius 1 is 1.25 bits per heavy atom. The maximum atomic E-state index is 12.3. The number of nitrogens with one attached hydrogen (secondary N) is 2. The molecular weight excluding hydrogens is 326 g/mol. The molecule has 0 aliphatic rings. The molecule has 24 heavy (non-hydrogen) atoms. The zero-order valence-electron chi connectivity index (χ0n) is 14.5. The van der Waals surface area contributed by atoms with E-state index in [2.05, 4.69) is 36.4 Å². The number of furan rings is 1. The van der Waals surface area contributed by atoms with E-state index in [0.717, 1.165) is 10.7 Å². The molecule has 0 aliphatic heterocycles. The average Bonchev–Trinajstić information content (AvgIpc) is 3.17. The Hall–Kier alpha value is -2.15. The standard InChI is InChI=1S/C17H23N3O3S/c1-10(18-15(22)12-6-7-23-8-12)14(21)19-11(2)16-20-13(9-24-16)17(3,4)5/h6-11H,1-5H3,(H,18,22)(H,19,21)/t10-,11-/m1/s1. The van der Waals surface area contributed by atoms with Crippen molar-refractivity contribution in [1.82, 2.24) is 15.6 Å². The molecule has 0 saturated heterocycles. The van der Waals surface area contributed by atoms with Gasteiger partial charge in [0.1, 0.15) is 17.3 Å². The number of hydrogen-bond donors (Lipinski definition) is 2. The molecule has 2 aromatic rings. The fraction of sp³-hybridized carbons (Fsp3) is 0.471. The third-order valence-electron chi connectivity index (χ3n) is 3.54. The van der Waals surface area contributed by atoms with Crippen molar-refractivity contribution in [3.05, 3.63) is 40.2 Å². The fourth-order valence-corrected chi connectivity index (χ4v) is 3.02. The number of aromatic nitrogens is 1. The number of thiazole rings is 1. The van der Waals surface area contributed by atoms with Crippen molar-refractivity contribution in [2.24, 2.45) is 0 Å². The summed E-state index contributed by atoms with van der Waals surface area (Å²) >= 11 is 1.52. The highest BCUT2D eigenvalue weighted by Gasteiger charge is 2.23. The molecule has 2 rings (SSSR count). The summed E-state index contributed by atoms with van der Waals surface area (Å²) in [4.78, 5) is 28.8. The van der Waals surface area contributed by atoms with E-state index in [4.69, 9.17) is 4.42 Å². The van der Waals surface area contributed by atoms with Crippen LogP contribution in [0.3, 0.4) is 0 Å². The second-order valence-corrected chi connectivity index (χ2v) is 7.65. The van der Waals surface area contributed by atoms with Gasteiger partial charge in [-0.25, -0.2) is 4.98 Å². The van der Waals surface area contributed by atoms with Crippen molar-refractivity contribution in [3.8, 4) is 0 Å². The molecule has 0 radical (unpaired) electrons. The van der Waals surface area contributed by atoms with E-state index in [1.54, 1.807) is 13.0 Å². The third kappa shape index (κ3) is 4.44. The van der Waals surface area contributed by atoms with Gasteiger partial charge in [-0.2, -0.15) is 0 Å². The highest BCUT2D eigenvalue weighted by Crippen LogP contribution is 2.26. The lowest BCUT2D eigenvalue weighted by molar-refractivity contribution is -0.123. The molecule has 130 valence electrons. The highest BCUT2D eigenvalue weighted by atomic mass is 32.1. The molecule has 0 unspecified atom stereocenters. The molecule has 6 nitrogen and oxygen atoms in total. The summed E-state index contributed by atoms with van der Waals surface area (Å²) in [5.74, 6) is -0.602. The summed E-state index contributed by atoms with van der Waals surface area (Å²) in [6.07, 6.45) is 2.75. The van der Waals surface area contributed by atoms with Crippen LogP contribution in [0.5, 0.6) is 0 Å². The van der Waals surface area contributed by atoms with E-state index in [1.807, 2.05) is 12.3 Å². The smallest absolute Gasteiger partial charge is 0.255 e. The summed E-state index contributed by atoms with van der Waals surface area (Å²) < 4.78 is 4.86. The number of amides is 2. The van der Waals surface area contributed by atoms with Crippen LogP contribution in [-0.2, 0) is 10.2 Å². The number of carbonyl (C=O) groups is 2. The van der Waals surface area contributed by atoms with Crippen LogP contribution in [0.25, 0.3) is 0 Å². The Kier molecular flexibility index (Phi) is 5.43. The molecule has 2 aromatic heterocycles. The predicted molar refractivity (Wildman–Crippen MR) is 93.0 cm³/mol. The normalized spacial score (nSPS) is 14.0. The molecule has 0 bridgehead atoms. The van der Waals surface area contributed by atoms with Gasteiger partial charge in [-0.15, -0.1) is 11.3 Å². The van der Waals surface area contributed by atoms with Crippen molar-refractivity contribution in [3.63, 3.8) is 0 Å². The summed E-state index contributed by atoms with van der Waals surface area (Å²) in [7, 11) is 0. The van der Waals surface area contributed by atoms with Gasteiger partial charge in [0.15, 0.2) is 0 Å². The predicted octanol–water partition coefficient (Wildman–Crippen LogP) is 3.03. The molecule has 0 saturated carbocycles. The summed E-state index contributed by atoms with van der Waals surface area (Å²) in [5, 5.41) is 8.39. The molecule has 0 aliphatic carbocycles. The maximum absolute atomic E-state index is 12.3. The molecule has 0 fully saturated rings. The molecule has 2 heterocycles. The molecule has 0 spiro atoms. The summed E-state index contributed by atoms with van der Waals surface area (Å²) in [5.41, 5.74) is 1.37. The van der Waals surface area contributed by atoms with E-state index >= 15 is 0 Å². The Labute approximate surface area is 145 Å². The monoisotopic (exact) mass is 349 g/mol. The van der Waals surface area contributed by atoms with Crippen LogP contribution in [0.1, 0.15) is 61.7 Å². The van der Waals surface area contributed by atoms with E-state index < -0.39 is 6.04 Å². The number of carbonyl (C=O) groups excluding carboxylic acids is 2. The van der Waals surface area contributed by atoms with Gasteiger partial charge in [0, 0.05) is 10.8 Å². The Bertz CT molecular complexity index is 701. The van der Waals surface area contributed by atoms with Crippen LogP contribution in [0, 0.1) is 0 Å². The highest BCUT2D eigenvalue weighted by molar-refractivity contribution is 7.09. The summed E-state index contributed by atoms with van der Waals surface area (Å²) in [6.45, 7) is 9.82. The lowest BCUT2D eigenvalue weighted by atomic mass is 9.93. The first kappa shape index (κ1) is 18.2. The first-order valence-electron chi connectivity index (χ1n) is 7.78. The van der Waals surface area contributed by atoms with Gasteiger partial charge in [0.05, 0.1) is 23.6 Å². The molecular formula is C17H23N3O3S. The quantitative estimate of drug-likeness (QED) is 0.869. The van der Waals surface area contributed by atoms with E-state index in [-0.39, 0.29) is 23.3 Å². The van der Waals surface area contributed by atoms with Gasteiger partial charge >= 0.3 is 0 Å². The van der Waals surface area contributed by atoms with Gasteiger partial charge in [-0.1, -0.05) is 20.8 Å². The van der Waals surface area contributed by atoms with E-state index in [0.29, 0.717) is 5.56 Å². The minimum atomic E-state index is -0.656. The van der Waals surface area contributed by atoms with Crippen LogP contribution in [0.2, 0.25) is 0 Å². The molecule has 2 N–H and O–H groups in total. The number of nitrogens with zero attached hydrogens (tertiary/aromatic N) is 1. The number of hydrogen-bond acceptors (Lipinski definition) is 5. The maximum Gasteiger partial charge on any atom is 0.255 e. The molecule has 0 aromatic carbocycles. The van der Waals surface area contributed by atoms with E-state index in [9.17, 15) is 9.59 Å². The van der Waals surface area contributed by atoms with Crippen LogP contribution in [0.4, 0.5) is 0 Å². The fourth-order valence-electron chi connectivity index (χ4n) is 1.97. The lowest BCUT2D eigenvalue weighted by Gasteiger charge is -2.17. The van der Waals surface area contributed by atoms with Crippen LogP contribution in [0.15, 0.2) is 28.4 Å². The van der Waals surface area contributed by atoms with Crippen LogP contribution < -0.4 is 10.6 Å². The molecule has 2 atom stereocenters. The lowest BCUT2D eigenvalue weighted by Crippen LogP contribution is -2.45. The zero-order chi connectivity index (χ0) is 17.9. The van der Waals surface area contributed by atoms with Crippen molar-refractivity contribution in [2.45, 2.75) is 52.1 Å². The van der Waals surface area contributed by atoms with Gasteiger partial charge in [0.25, 0.3) is 5.91 Å². The first-order valence-corrected chi connectivity index (χ1v) is 8.66. The Balaban J connectivity index is 1.93. The van der Waals surface area contributed by atoms with Gasteiger partial charge in [0.2, 0.25) is 5.91 Å². The third-order valence-corrected chi connectivity index (χ3v) is 4.57.